The van der Waals surface area contributed by atoms with Crippen molar-refractivity contribution in [3.05, 3.63) is 52.2 Å². The first-order valence-electron chi connectivity index (χ1n) is 8.63. The van der Waals surface area contributed by atoms with E-state index in [1.54, 1.807) is 17.0 Å². The normalized spacial score (nSPS) is 17.5. The van der Waals surface area contributed by atoms with Crippen LogP contribution in [0.25, 0.3) is 10.1 Å². The van der Waals surface area contributed by atoms with Gasteiger partial charge in [0.1, 0.15) is 21.2 Å². The minimum atomic E-state index is -3.75. The maximum atomic E-state index is 13.1. The fourth-order valence-electron chi connectivity index (χ4n) is 3.35. The summed E-state index contributed by atoms with van der Waals surface area (Å²) >= 11 is 2.56. The summed E-state index contributed by atoms with van der Waals surface area (Å²) in [4.78, 5) is 15.1. The van der Waals surface area contributed by atoms with E-state index in [4.69, 9.17) is 5.26 Å². The lowest BCUT2D eigenvalue weighted by Gasteiger charge is -2.22. The molecule has 0 radical (unpaired) electrons. The smallest absolute Gasteiger partial charge is 0.253 e. The number of hydrogen-bond donors (Lipinski definition) is 0. The highest BCUT2D eigenvalue weighted by molar-refractivity contribution is 7.91. The zero-order valence-corrected chi connectivity index (χ0v) is 17.5. The number of benzene rings is 1. The lowest BCUT2D eigenvalue weighted by molar-refractivity contribution is -0.131. The second-order valence-corrected chi connectivity index (χ2v) is 10.8. The van der Waals surface area contributed by atoms with E-state index in [0.29, 0.717) is 24.4 Å². The molecule has 2 aromatic heterocycles. The molecule has 1 atom stereocenters. The highest BCUT2D eigenvalue weighted by Gasteiger charge is 2.40. The van der Waals surface area contributed by atoms with Crippen molar-refractivity contribution in [1.82, 2.24) is 9.21 Å². The van der Waals surface area contributed by atoms with Crippen molar-refractivity contribution in [3.63, 3.8) is 0 Å². The molecule has 1 aliphatic rings. The molecule has 0 saturated carbocycles. The van der Waals surface area contributed by atoms with Crippen LogP contribution in [0.4, 0.5) is 0 Å². The third kappa shape index (κ3) is 3.33. The average molecular weight is 432 g/mol. The topological polar surface area (TPSA) is 81.5 Å². The number of nitriles is 1. The zero-order valence-electron chi connectivity index (χ0n) is 15.0. The summed E-state index contributed by atoms with van der Waals surface area (Å²) < 4.78 is 28.5. The number of fused-ring (bicyclic) bond motifs is 1. The van der Waals surface area contributed by atoms with E-state index in [9.17, 15) is 13.2 Å². The number of hydrogen-bond acceptors (Lipinski definition) is 6. The van der Waals surface area contributed by atoms with Gasteiger partial charge in [0, 0.05) is 24.8 Å². The van der Waals surface area contributed by atoms with Crippen molar-refractivity contribution in [2.24, 2.45) is 0 Å². The fourth-order valence-corrected chi connectivity index (χ4v) is 6.97. The number of carbonyl (C=O) groups is 1. The molecule has 0 bridgehead atoms. The van der Waals surface area contributed by atoms with Gasteiger partial charge in [-0.05, 0) is 40.9 Å². The van der Waals surface area contributed by atoms with Crippen LogP contribution in [0.15, 0.2) is 46.0 Å². The number of carbonyl (C=O) groups excluding carboxylic acids is 1. The molecule has 1 aliphatic heterocycles. The van der Waals surface area contributed by atoms with Gasteiger partial charge < -0.3 is 4.90 Å². The number of likely N-dealkylation sites (N-methyl/N-ethyl adjacent to an activating group) is 1. The van der Waals surface area contributed by atoms with Crippen LogP contribution < -0.4 is 0 Å². The highest BCUT2D eigenvalue weighted by Crippen LogP contribution is 2.32. The van der Waals surface area contributed by atoms with E-state index in [0.717, 1.165) is 15.6 Å². The molecule has 4 rings (SSSR count). The maximum absolute atomic E-state index is 13.1. The van der Waals surface area contributed by atoms with E-state index in [-0.39, 0.29) is 10.1 Å². The van der Waals surface area contributed by atoms with Gasteiger partial charge in [0.2, 0.25) is 5.91 Å². The Balaban J connectivity index is 1.53. The lowest BCUT2D eigenvalue weighted by atomic mass is 10.2. The van der Waals surface area contributed by atoms with Crippen LogP contribution in [0.1, 0.15) is 16.9 Å². The summed E-state index contributed by atoms with van der Waals surface area (Å²) in [6, 6.07) is 12.3. The number of rotatable bonds is 5. The van der Waals surface area contributed by atoms with Gasteiger partial charge in [0.15, 0.2) is 0 Å². The van der Waals surface area contributed by atoms with Gasteiger partial charge in [0.05, 0.1) is 0 Å². The summed E-state index contributed by atoms with van der Waals surface area (Å²) in [7, 11) is -2.27. The van der Waals surface area contributed by atoms with Crippen LogP contribution >= 0.6 is 22.7 Å². The SMILES string of the molecule is CN([C@H]1CCN(Cc2csc(C#N)c2)C1=O)S(=O)(=O)c1cc2ccccc2s1. The average Bonchev–Trinajstić information content (AvgIpc) is 3.40. The Labute approximate surface area is 171 Å². The van der Waals surface area contributed by atoms with Crippen molar-refractivity contribution in [1.29, 1.82) is 5.26 Å². The van der Waals surface area contributed by atoms with E-state index in [1.807, 2.05) is 29.6 Å². The number of thiophene rings is 2. The molecular formula is C19H17N3O3S3. The molecule has 1 saturated heterocycles. The number of likely N-dealkylation sites (tertiary alicyclic amines) is 1. The second kappa shape index (κ2) is 7.29. The highest BCUT2D eigenvalue weighted by atomic mass is 32.2. The zero-order chi connectivity index (χ0) is 19.9. The molecule has 3 heterocycles. The second-order valence-electron chi connectivity index (χ2n) is 6.62. The molecule has 1 aromatic carbocycles. The van der Waals surface area contributed by atoms with Gasteiger partial charge in [-0.25, -0.2) is 8.42 Å². The Morgan fingerprint density at radius 1 is 1.32 bits per heavy atom. The predicted octanol–water partition coefficient (Wildman–Crippen LogP) is 3.26. The van der Waals surface area contributed by atoms with Gasteiger partial charge in [-0.2, -0.15) is 9.57 Å². The van der Waals surface area contributed by atoms with Crippen molar-refractivity contribution in [3.8, 4) is 6.07 Å². The maximum Gasteiger partial charge on any atom is 0.253 e. The van der Waals surface area contributed by atoms with Crippen LogP contribution in [0.3, 0.4) is 0 Å². The largest absolute Gasteiger partial charge is 0.337 e. The third-order valence-corrected chi connectivity index (χ3v) is 9.20. The van der Waals surface area contributed by atoms with Gasteiger partial charge >= 0.3 is 0 Å². The van der Waals surface area contributed by atoms with E-state index >= 15 is 0 Å². The molecule has 1 amide bonds. The van der Waals surface area contributed by atoms with Gasteiger partial charge in [-0.3, -0.25) is 4.79 Å². The molecule has 9 heteroatoms. The fraction of sp³-hybridized carbons (Fsp3) is 0.263. The lowest BCUT2D eigenvalue weighted by Crippen LogP contribution is -2.42. The van der Waals surface area contributed by atoms with Crippen LogP contribution in [0, 0.1) is 11.3 Å². The van der Waals surface area contributed by atoms with E-state index in [1.165, 1.54) is 34.0 Å². The molecule has 0 spiro atoms. The molecule has 0 N–H and O–H groups in total. The molecular weight excluding hydrogens is 414 g/mol. The van der Waals surface area contributed by atoms with Gasteiger partial charge in [-0.1, -0.05) is 18.2 Å². The molecule has 144 valence electrons. The first-order chi connectivity index (χ1) is 13.4. The Hall–Kier alpha value is -2.25. The monoisotopic (exact) mass is 431 g/mol. The molecule has 3 aromatic rings. The van der Waals surface area contributed by atoms with Gasteiger partial charge in [0.25, 0.3) is 10.0 Å². The summed E-state index contributed by atoms with van der Waals surface area (Å²) in [5.41, 5.74) is 0.894. The van der Waals surface area contributed by atoms with Crippen LogP contribution in [0.5, 0.6) is 0 Å². The van der Waals surface area contributed by atoms with Crippen molar-refractivity contribution >= 4 is 48.7 Å². The Morgan fingerprint density at radius 3 is 2.82 bits per heavy atom. The summed E-state index contributed by atoms with van der Waals surface area (Å²) in [5, 5.41) is 11.7. The number of nitrogens with zero attached hydrogens (tertiary/aromatic N) is 3. The molecule has 6 nitrogen and oxygen atoms in total. The number of sulfonamides is 1. The van der Waals surface area contributed by atoms with Crippen molar-refractivity contribution in [2.75, 3.05) is 13.6 Å². The summed E-state index contributed by atoms with van der Waals surface area (Å²) in [5.74, 6) is -0.197. The van der Waals surface area contributed by atoms with E-state index < -0.39 is 16.1 Å². The standard InChI is InChI=1S/C19H17N3O3S3/c1-21(28(24,25)18-9-14-4-2-3-5-17(14)27-18)16-6-7-22(19(16)23)11-13-8-15(10-20)26-12-13/h2-5,8-9,12,16H,6-7,11H2,1H3/t16-/m0/s1. The number of amides is 1. The minimum Gasteiger partial charge on any atom is -0.337 e. The molecule has 0 aliphatic carbocycles. The van der Waals surface area contributed by atoms with Crippen LogP contribution in [-0.4, -0.2) is 43.2 Å². The van der Waals surface area contributed by atoms with Crippen LogP contribution in [-0.2, 0) is 21.4 Å². The first kappa shape index (κ1) is 19.1. The molecule has 0 unspecified atom stereocenters. The molecule has 1 fully saturated rings. The molecule has 28 heavy (non-hydrogen) atoms. The Bertz CT molecular complexity index is 1160. The van der Waals surface area contributed by atoms with Gasteiger partial charge in [-0.15, -0.1) is 22.7 Å². The Morgan fingerprint density at radius 2 is 2.11 bits per heavy atom. The minimum absolute atomic E-state index is 0.197. The van der Waals surface area contributed by atoms with Crippen molar-refractivity contribution in [2.45, 2.75) is 23.2 Å². The van der Waals surface area contributed by atoms with Crippen molar-refractivity contribution < 1.29 is 13.2 Å². The predicted molar refractivity (Wildman–Crippen MR) is 110 cm³/mol. The summed E-state index contributed by atoms with van der Waals surface area (Å²) in [6.45, 7) is 0.887. The Kier molecular flexibility index (Phi) is 4.97. The van der Waals surface area contributed by atoms with E-state index in [2.05, 4.69) is 6.07 Å². The third-order valence-electron chi connectivity index (χ3n) is 4.88. The first-order valence-corrected chi connectivity index (χ1v) is 11.8. The van der Waals surface area contributed by atoms with Crippen LogP contribution in [0.2, 0.25) is 0 Å². The summed E-state index contributed by atoms with van der Waals surface area (Å²) in [6.07, 6.45) is 0.453. The quantitative estimate of drug-likeness (QED) is 0.621.